The fourth-order valence-corrected chi connectivity index (χ4v) is 0. The maximum Gasteiger partial charge on any atom is 0.466 e. The van der Waals surface area contributed by atoms with E-state index in [1.54, 1.807) is 13.8 Å². The van der Waals surface area contributed by atoms with Crippen molar-refractivity contribution in [2.75, 3.05) is 13.2 Å². The highest BCUT2D eigenvalue weighted by molar-refractivity contribution is 7.45. The zero-order valence-corrected chi connectivity index (χ0v) is 16.7. The van der Waals surface area contributed by atoms with Gasteiger partial charge in [0.1, 0.15) is 0 Å². The van der Waals surface area contributed by atoms with E-state index in [9.17, 15) is 0 Å². The van der Waals surface area contributed by atoms with Gasteiger partial charge in [0.15, 0.2) is 0 Å². The molecule has 0 saturated heterocycles. The Labute approximate surface area is 146 Å². The van der Waals surface area contributed by atoms with Crippen LogP contribution >= 0.6 is 31.3 Å². The Morgan fingerprint density at radius 3 is 0.423 bits per heavy atom. The highest BCUT2D eigenvalue weighted by Crippen LogP contribution is 2.27. The zero-order chi connectivity index (χ0) is 23.4. The molecule has 0 bridgehead atoms. The molecular formula is C4H24O18P4. The third-order valence-corrected chi connectivity index (χ3v) is 0. The zero-order valence-electron chi connectivity index (χ0n) is 13.1. The van der Waals surface area contributed by atoms with Gasteiger partial charge in [-0.2, -0.15) is 0 Å². The Morgan fingerprint density at radius 1 is 0.423 bits per heavy atom. The standard InChI is InChI=1S/2C2H6O.4H3O4P/c2*1-2-3;4*1-5(2,3)4/h2*3H,2H2,1H3;4*(H3,1,2,3,4). The van der Waals surface area contributed by atoms with Crippen molar-refractivity contribution in [3.05, 3.63) is 0 Å². The lowest BCUT2D eigenvalue weighted by atomic mass is 10.9. The van der Waals surface area contributed by atoms with Crippen molar-refractivity contribution in [2.24, 2.45) is 0 Å². The van der Waals surface area contributed by atoms with Crippen molar-refractivity contribution in [2.45, 2.75) is 13.8 Å². The monoisotopic (exact) mass is 484 g/mol. The molecule has 0 aromatic rings. The number of hydrogen-bond donors (Lipinski definition) is 14. The summed E-state index contributed by atoms with van der Waals surface area (Å²) < 4.78 is 35.5. The van der Waals surface area contributed by atoms with Crippen molar-refractivity contribution in [1.82, 2.24) is 0 Å². The maximum atomic E-state index is 8.88. The predicted molar refractivity (Wildman–Crippen MR) is 82.6 cm³/mol. The van der Waals surface area contributed by atoms with Gasteiger partial charge in [-0.3, -0.25) is 0 Å². The summed E-state index contributed by atoms with van der Waals surface area (Å²) in [4.78, 5) is 86.2. The first-order valence-electron chi connectivity index (χ1n) is 5.18. The highest BCUT2D eigenvalue weighted by atomic mass is 31.2. The first kappa shape index (κ1) is 40.9. The first-order valence-corrected chi connectivity index (χ1v) is 11.4. The van der Waals surface area contributed by atoms with Gasteiger partial charge in [-0.15, -0.1) is 0 Å². The molecule has 22 heteroatoms. The van der Waals surface area contributed by atoms with Gasteiger partial charge in [0.05, 0.1) is 0 Å². The summed E-state index contributed by atoms with van der Waals surface area (Å²) in [6, 6.07) is 0. The van der Waals surface area contributed by atoms with E-state index in [2.05, 4.69) is 0 Å². The summed E-state index contributed by atoms with van der Waals surface area (Å²) in [7, 11) is -18.6. The predicted octanol–water partition coefficient (Wildman–Crippen LogP) is -3.72. The summed E-state index contributed by atoms with van der Waals surface area (Å²) >= 11 is 0. The summed E-state index contributed by atoms with van der Waals surface area (Å²) in [6.07, 6.45) is 0. The van der Waals surface area contributed by atoms with E-state index >= 15 is 0 Å². The van der Waals surface area contributed by atoms with E-state index < -0.39 is 31.3 Å². The second-order valence-corrected chi connectivity index (χ2v) is 6.79. The van der Waals surface area contributed by atoms with Crippen LogP contribution in [0.3, 0.4) is 0 Å². The molecule has 0 atom stereocenters. The fraction of sp³-hybridized carbons (Fsp3) is 1.00. The fourth-order valence-electron chi connectivity index (χ4n) is 0. The summed E-state index contributed by atoms with van der Waals surface area (Å²) in [5, 5.41) is 15.1. The lowest BCUT2D eigenvalue weighted by molar-refractivity contribution is 0.272. The summed E-state index contributed by atoms with van der Waals surface area (Å²) in [6.45, 7) is 3.86. The van der Waals surface area contributed by atoms with E-state index in [0.29, 0.717) is 0 Å². The van der Waals surface area contributed by atoms with Crippen molar-refractivity contribution in [3.63, 3.8) is 0 Å². The van der Waals surface area contributed by atoms with Gasteiger partial charge in [0, 0.05) is 13.2 Å². The van der Waals surface area contributed by atoms with Gasteiger partial charge in [-0.05, 0) is 13.8 Å². The SMILES string of the molecule is CCO.CCO.O=P(O)(O)O.O=P(O)(O)O.O=P(O)(O)O.O=P(O)(O)O. The van der Waals surface area contributed by atoms with E-state index in [-0.39, 0.29) is 13.2 Å². The molecule has 0 aliphatic rings. The summed E-state index contributed by atoms with van der Waals surface area (Å²) in [5.74, 6) is 0. The first-order chi connectivity index (χ1) is 10.8. The van der Waals surface area contributed by atoms with E-state index in [1.165, 1.54) is 0 Å². The topological polar surface area (TPSA) is 352 Å². The molecule has 26 heavy (non-hydrogen) atoms. The van der Waals surface area contributed by atoms with Crippen molar-refractivity contribution in [1.29, 1.82) is 0 Å². The minimum Gasteiger partial charge on any atom is -0.397 e. The molecular weight excluding hydrogens is 460 g/mol. The quantitative estimate of drug-likeness (QED) is 0.147. The minimum atomic E-state index is -4.64. The minimum absolute atomic E-state index is 0.250. The molecule has 0 aliphatic carbocycles. The van der Waals surface area contributed by atoms with Crippen LogP contribution < -0.4 is 0 Å². The van der Waals surface area contributed by atoms with Gasteiger partial charge in [0.2, 0.25) is 0 Å². The molecule has 0 amide bonds. The van der Waals surface area contributed by atoms with Gasteiger partial charge >= 0.3 is 31.3 Å². The highest BCUT2D eigenvalue weighted by Gasteiger charge is 2.01. The largest absolute Gasteiger partial charge is 0.466 e. The van der Waals surface area contributed by atoms with Gasteiger partial charge in [0.25, 0.3) is 0 Å². The number of phosphoric acid groups is 4. The van der Waals surface area contributed by atoms with Gasteiger partial charge in [-0.25, -0.2) is 18.3 Å². The van der Waals surface area contributed by atoms with Crippen LogP contribution in [0.25, 0.3) is 0 Å². The Hall–Kier alpha value is 0.360. The molecule has 0 aliphatic heterocycles. The molecule has 18 nitrogen and oxygen atoms in total. The van der Waals surface area contributed by atoms with Crippen LogP contribution in [0, 0.1) is 0 Å². The molecule has 168 valence electrons. The molecule has 0 spiro atoms. The molecule has 0 fully saturated rings. The van der Waals surface area contributed by atoms with Gasteiger partial charge in [-0.1, -0.05) is 0 Å². The molecule has 0 rings (SSSR count). The van der Waals surface area contributed by atoms with Crippen molar-refractivity contribution in [3.8, 4) is 0 Å². The molecule has 14 N–H and O–H groups in total. The Balaban J connectivity index is -0.0000000468. The van der Waals surface area contributed by atoms with Crippen LogP contribution in [-0.2, 0) is 18.3 Å². The lowest BCUT2D eigenvalue weighted by Gasteiger charge is -1.82. The van der Waals surface area contributed by atoms with E-state index in [4.69, 9.17) is 87.2 Å². The molecule has 0 unspecified atom stereocenters. The van der Waals surface area contributed by atoms with Crippen molar-refractivity contribution >= 4 is 31.3 Å². The molecule has 0 heterocycles. The Bertz CT molecular complexity index is 321. The number of aliphatic hydroxyl groups excluding tert-OH is 2. The third-order valence-electron chi connectivity index (χ3n) is 0. The maximum absolute atomic E-state index is 8.88. The Kier molecular flexibility index (Phi) is 34.1. The second kappa shape index (κ2) is 21.7. The summed E-state index contributed by atoms with van der Waals surface area (Å²) in [5.41, 5.74) is 0. The smallest absolute Gasteiger partial charge is 0.397 e. The van der Waals surface area contributed by atoms with Crippen LogP contribution in [0.15, 0.2) is 0 Å². The number of aliphatic hydroxyl groups is 2. The van der Waals surface area contributed by atoms with Crippen LogP contribution in [-0.4, -0.2) is 82.1 Å². The van der Waals surface area contributed by atoms with E-state index in [1.807, 2.05) is 0 Å². The van der Waals surface area contributed by atoms with Crippen molar-refractivity contribution < 1.29 is 87.2 Å². The van der Waals surface area contributed by atoms with Crippen LogP contribution in [0.4, 0.5) is 0 Å². The van der Waals surface area contributed by atoms with Crippen LogP contribution in [0.5, 0.6) is 0 Å². The second-order valence-electron chi connectivity index (χ2n) is 2.69. The number of rotatable bonds is 0. The van der Waals surface area contributed by atoms with Crippen LogP contribution in [0.1, 0.15) is 13.8 Å². The third kappa shape index (κ3) is 103000. The lowest BCUT2D eigenvalue weighted by Crippen LogP contribution is -1.66. The molecule has 0 aromatic heterocycles. The normalized spacial score (nSPS) is 10.5. The number of hydrogen-bond acceptors (Lipinski definition) is 6. The Morgan fingerprint density at radius 2 is 0.423 bits per heavy atom. The average molecular weight is 484 g/mol. The molecule has 0 aromatic carbocycles. The average Bonchev–Trinajstić information content (AvgIpc) is 2.05. The van der Waals surface area contributed by atoms with E-state index in [0.717, 1.165) is 0 Å². The van der Waals surface area contributed by atoms with Gasteiger partial charge < -0.3 is 68.9 Å². The van der Waals surface area contributed by atoms with Crippen LogP contribution in [0.2, 0.25) is 0 Å². The molecule has 0 radical (unpaired) electrons. The molecule has 0 saturated carbocycles.